The van der Waals surface area contributed by atoms with Crippen molar-refractivity contribution in [3.05, 3.63) is 95.1 Å². The minimum Gasteiger partial charge on any atom is -0.497 e. The van der Waals surface area contributed by atoms with E-state index in [0.717, 1.165) is 37.2 Å². The number of anilines is 2. The molecule has 3 aromatic carbocycles. The van der Waals surface area contributed by atoms with E-state index in [2.05, 4.69) is 9.69 Å². The first-order valence-electron chi connectivity index (χ1n) is 12.8. The third kappa shape index (κ3) is 5.63. The van der Waals surface area contributed by atoms with Gasteiger partial charge in [-0.2, -0.15) is 4.37 Å². The number of ether oxygens (including phenoxy) is 1. The van der Waals surface area contributed by atoms with Gasteiger partial charge in [-0.15, -0.1) is 0 Å². The van der Waals surface area contributed by atoms with E-state index in [1.54, 1.807) is 55.6 Å². The number of methoxy groups -OCH3 is 1. The molecule has 3 N–H and O–H groups in total. The number of hydrogen-bond donors (Lipinski definition) is 2. The van der Waals surface area contributed by atoms with Gasteiger partial charge in [0.15, 0.2) is 0 Å². The van der Waals surface area contributed by atoms with Crippen LogP contribution in [0.1, 0.15) is 47.0 Å². The highest BCUT2D eigenvalue weighted by Gasteiger charge is 2.36. The van der Waals surface area contributed by atoms with E-state index in [1.165, 1.54) is 17.0 Å². The molecule has 1 aliphatic rings. The van der Waals surface area contributed by atoms with Gasteiger partial charge in [-0.1, -0.05) is 43.2 Å². The van der Waals surface area contributed by atoms with Crippen LogP contribution in [0, 0.1) is 5.82 Å². The van der Waals surface area contributed by atoms with E-state index in [0.29, 0.717) is 28.3 Å². The van der Waals surface area contributed by atoms with Crippen LogP contribution < -0.4 is 20.7 Å². The van der Waals surface area contributed by atoms with Gasteiger partial charge in [-0.05, 0) is 78.5 Å². The first kappa shape index (κ1) is 26.4. The van der Waals surface area contributed by atoms with E-state index in [-0.39, 0.29) is 28.3 Å². The summed E-state index contributed by atoms with van der Waals surface area (Å²) in [6.45, 7) is 0. The average Bonchev–Trinajstić information content (AvgIpc) is 3.62. The summed E-state index contributed by atoms with van der Waals surface area (Å²) in [7, 11) is 1.57. The van der Waals surface area contributed by atoms with Crippen LogP contribution in [-0.4, -0.2) is 29.3 Å². The molecule has 4 aromatic rings. The zero-order chi connectivity index (χ0) is 27.4. The minimum atomic E-state index is -0.970. The lowest BCUT2D eigenvalue weighted by Gasteiger charge is -2.32. The van der Waals surface area contributed by atoms with Crippen LogP contribution in [-0.2, 0) is 4.79 Å². The van der Waals surface area contributed by atoms with Crippen LogP contribution >= 0.6 is 11.5 Å². The molecule has 1 atom stereocenters. The molecule has 1 aliphatic carbocycles. The normalized spacial score (nSPS) is 14.1. The number of nitrogens with one attached hydrogen (secondary N) is 1. The molecule has 1 heterocycles. The number of carbonyl (C=O) groups excluding carboxylic acids is 2. The molecule has 200 valence electrons. The standard InChI is InChI=1S/C30H29FN4O3S/c1-38-24-17-13-20(14-18-24)27(29(36)33-22-7-5-6-8-22)35(23-9-3-2-4-10-23)30(37)28-25(32)26(34-39-28)19-11-15-21(31)16-12-19/h2-4,9-18,22,27H,5-8,32H2,1H3,(H,33,36)/t27-/m1/s1. The Balaban J connectivity index is 1.59. The van der Waals surface area contributed by atoms with E-state index in [4.69, 9.17) is 10.5 Å². The number of nitrogen functional groups attached to an aromatic ring is 1. The minimum absolute atomic E-state index is 0.0597. The predicted molar refractivity (Wildman–Crippen MR) is 151 cm³/mol. The van der Waals surface area contributed by atoms with Crippen molar-refractivity contribution in [2.45, 2.75) is 37.8 Å². The number of hydrogen-bond acceptors (Lipinski definition) is 6. The Bertz CT molecular complexity index is 1440. The molecular weight excluding hydrogens is 515 g/mol. The van der Waals surface area contributed by atoms with Crippen molar-refractivity contribution in [1.82, 2.24) is 9.69 Å². The van der Waals surface area contributed by atoms with Gasteiger partial charge in [-0.25, -0.2) is 4.39 Å². The number of aromatic nitrogens is 1. The Labute approximate surface area is 230 Å². The number of benzene rings is 3. The van der Waals surface area contributed by atoms with Gasteiger partial charge in [0.2, 0.25) is 5.91 Å². The zero-order valence-corrected chi connectivity index (χ0v) is 22.3. The van der Waals surface area contributed by atoms with Gasteiger partial charge in [-0.3, -0.25) is 14.5 Å². The molecule has 0 radical (unpaired) electrons. The fourth-order valence-corrected chi connectivity index (χ4v) is 5.66. The Kier molecular flexibility index (Phi) is 7.88. The Morgan fingerprint density at radius 3 is 2.33 bits per heavy atom. The average molecular weight is 545 g/mol. The summed E-state index contributed by atoms with van der Waals surface area (Å²) in [6.07, 6.45) is 3.93. The van der Waals surface area contributed by atoms with Crippen LogP contribution in [0.25, 0.3) is 11.3 Å². The molecule has 39 heavy (non-hydrogen) atoms. The number of nitrogens with two attached hydrogens (primary N) is 1. The first-order valence-corrected chi connectivity index (χ1v) is 13.6. The SMILES string of the molecule is COc1ccc([C@H](C(=O)NC2CCCC2)N(C(=O)c2snc(-c3ccc(F)cc3)c2N)c2ccccc2)cc1. The molecule has 9 heteroatoms. The van der Waals surface area contributed by atoms with E-state index < -0.39 is 11.9 Å². The van der Waals surface area contributed by atoms with Crippen LogP contribution in [0.3, 0.4) is 0 Å². The summed E-state index contributed by atoms with van der Waals surface area (Å²) in [5.41, 5.74) is 8.81. The molecular formula is C30H29FN4O3S. The maximum Gasteiger partial charge on any atom is 0.273 e. The molecule has 7 nitrogen and oxygen atoms in total. The molecule has 1 aromatic heterocycles. The number of para-hydroxylation sites is 1. The van der Waals surface area contributed by atoms with Crippen molar-refractivity contribution in [2.75, 3.05) is 17.7 Å². The summed E-state index contributed by atoms with van der Waals surface area (Å²) in [5.74, 6) is -0.463. The predicted octanol–water partition coefficient (Wildman–Crippen LogP) is 5.99. The van der Waals surface area contributed by atoms with E-state index in [1.807, 2.05) is 18.2 Å². The lowest BCUT2D eigenvalue weighted by atomic mass is 10.0. The van der Waals surface area contributed by atoms with Gasteiger partial charge in [0.05, 0.1) is 12.8 Å². The maximum absolute atomic E-state index is 14.3. The van der Waals surface area contributed by atoms with Crippen LogP contribution in [0.4, 0.5) is 15.8 Å². The van der Waals surface area contributed by atoms with Gasteiger partial charge >= 0.3 is 0 Å². The van der Waals surface area contributed by atoms with Crippen LogP contribution in [0.2, 0.25) is 0 Å². The Hall–Kier alpha value is -4.24. The molecule has 0 aliphatic heterocycles. The number of rotatable bonds is 8. The zero-order valence-electron chi connectivity index (χ0n) is 21.5. The monoisotopic (exact) mass is 544 g/mol. The molecule has 1 fully saturated rings. The molecule has 0 saturated heterocycles. The second kappa shape index (κ2) is 11.7. The summed E-state index contributed by atoms with van der Waals surface area (Å²) >= 11 is 0.958. The second-order valence-electron chi connectivity index (χ2n) is 9.46. The summed E-state index contributed by atoms with van der Waals surface area (Å²) in [4.78, 5) is 29.9. The van der Waals surface area contributed by atoms with Gasteiger partial charge in [0.1, 0.15) is 28.2 Å². The number of carbonyl (C=O) groups is 2. The highest BCUT2D eigenvalue weighted by Crippen LogP contribution is 2.36. The van der Waals surface area contributed by atoms with Gasteiger partial charge in [0, 0.05) is 17.3 Å². The third-order valence-electron chi connectivity index (χ3n) is 6.93. The number of halogens is 1. The molecule has 1 saturated carbocycles. The van der Waals surface area contributed by atoms with Gasteiger partial charge in [0.25, 0.3) is 5.91 Å². The number of amides is 2. The smallest absolute Gasteiger partial charge is 0.273 e. The molecule has 2 amide bonds. The fraction of sp³-hybridized carbons (Fsp3) is 0.233. The summed E-state index contributed by atoms with van der Waals surface area (Å²) < 4.78 is 23.2. The summed E-state index contributed by atoms with van der Waals surface area (Å²) in [6, 6.07) is 21.0. The van der Waals surface area contributed by atoms with Gasteiger partial charge < -0.3 is 15.8 Å². The first-order chi connectivity index (χ1) is 19.0. The summed E-state index contributed by atoms with van der Waals surface area (Å²) in [5, 5.41) is 3.17. The maximum atomic E-state index is 14.3. The fourth-order valence-electron chi connectivity index (χ4n) is 4.90. The Morgan fingerprint density at radius 1 is 1.03 bits per heavy atom. The number of nitrogens with zero attached hydrogens (tertiary/aromatic N) is 2. The van der Waals surface area contributed by atoms with Crippen molar-refractivity contribution in [3.8, 4) is 17.0 Å². The van der Waals surface area contributed by atoms with Crippen LogP contribution in [0.15, 0.2) is 78.9 Å². The Morgan fingerprint density at radius 2 is 1.69 bits per heavy atom. The third-order valence-corrected chi connectivity index (χ3v) is 7.78. The lowest BCUT2D eigenvalue weighted by Crippen LogP contribution is -2.46. The van der Waals surface area contributed by atoms with Crippen molar-refractivity contribution in [1.29, 1.82) is 0 Å². The topological polar surface area (TPSA) is 97.5 Å². The molecule has 0 spiro atoms. The van der Waals surface area contributed by atoms with Crippen molar-refractivity contribution in [2.24, 2.45) is 0 Å². The van der Waals surface area contributed by atoms with Crippen molar-refractivity contribution < 1.29 is 18.7 Å². The molecule has 5 rings (SSSR count). The van der Waals surface area contributed by atoms with E-state index in [9.17, 15) is 14.0 Å². The quantitative estimate of drug-likeness (QED) is 0.284. The molecule has 0 bridgehead atoms. The molecule has 0 unspecified atom stereocenters. The van der Waals surface area contributed by atoms with Crippen LogP contribution in [0.5, 0.6) is 5.75 Å². The largest absolute Gasteiger partial charge is 0.497 e. The highest BCUT2D eigenvalue weighted by molar-refractivity contribution is 7.09. The second-order valence-corrected chi connectivity index (χ2v) is 10.2. The van der Waals surface area contributed by atoms with Crippen molar-refractivity contribution >= 4 is 34.7 Å². The van der Waals surface area contributed by atoms with Crippen molar-refractivity contribution in [3.63, 3.8) is 0 Å². The van der Waals surface area contributed by atoms with E-state index >= 15 is 0 Å². The lowest BCUT2D eigenvalue weighted by molar-refractivity contribution is -0.123. The highest BCUT2D eigenvalue weighted by atomic mass is 32.1.